The van der Waals surface area contributed by atoms with Crippen LogP contribution in [0.15, 0.2) is 28.8 Å². The van der Waals surface area contributed by atoms with Crippen molar-refractivity contribution in [2.45, 2.75) is 32.7 Å². The summed E-state index contributed by atoms with van der Waals surface area (Å²) in [6, 6.07) is 8.01. The first kappa shape index (κ1) is 15.3. The normalized spacial score (nSPS) is 24.0. The van der Waals surface area contributed by atoms with E-state index < -0.39 is 0 Å². The fourth-order valence-electron chi connectivity index (χ4n) is 3.61. The number of carbonyl (C=O) groups is 1. The average molecular weight is 327 g/mol. The van der Waals surface area contributed by atoms with Gasteiger partial charge in [0.2, 0.25) is 17.6 Å². The molecule has 2 saturated heterocycles. The summed E-state index contributed by atoms with van der Waals surface area (Å²) in [5.74, 6) is 1.39. The van der Waals surface area contributed by atoms with Gasteiger partial charge in [0.05, 0.1) is 6.61 Å². The summed E-state index contributed by atoms with van der Waals surface area (Å²) in [4.78, 5) is 18.5. The van der Waals surface area contributed by atoms with Crippen LogP contribution in [-0.2, 0) is 16.1 Å². The van der Waals surface area contributed by atoms with Crippen molar-refractivity contribution in [2.24, 2.45) is 5.41 Å². The molecule has 4 rings (SSSR count). The van der Waals surface area contributed by atoms with E-state index in [0.717, 1.165) is 43.7 Å². The smallest absolute Gasteiger partial charge is 0.223 e. The molecule has 6 heteroatoms. The number of ether oxygens (including phenoxy) is 1. The monoisotopic (exact) mass is 327 g/mol. The summed E-state index contributed by atoms with van der Waals surface area (Å²) in [7, 11) is 0. The Hall–Kier alpha value is -2.21. The number of likely N-dealkylation sites (tertiary alicyclic amines) is 1. The van der Waals surface area contributed by atoms with Crippen LogP contribution >= 0.6 is 0 Å². The Kier molecular flexibility index (Phi) is 3.84. The highest BCUT2D eigenvalue weighted by Gasteiger charge is 2.41. The van der Waals surface area contributed by atoms with Crippen molar-refractivity contribution in [3.63, 3.8) is 0 Å². The number of amides is 1. The molecule has 0 radical (unpaired) electrons. The van der Waals surface area contributed by atoms with Gasteiger partial charge < -0.3 is 14.2 Å². The fraction of sp³-hybridized carbons (Fsp3) is 0.500. The number of nitrogens with zero attached hydrogens (tertiary/aromatic N) is 3. The molecule has 1 unspecified atom stereocenters. The van der Waals surface area contributed by atoms with Crippen molar-refractivity contribution in [3.05, 3.63) is 35.7 Å². The molecule has 0 saturated carbocycles. The van der Waals surface area contributed by atoms with Gasteiger partial charge in [0, 0.05) is 44.0 Å². The molecular formula is C18H21N3O3. The van der Waals surface area contributed by atoms with Gasteiger partial charge >= 0.3 is 0 Å². The molecule has 0 aliphatic carbocycles. The van der Waals surface area contributed by atoms with Gasteiger partial charge in [0.25, 0.3) is 0 Å². The van der Waals surface area contributed by atoms with Crippen LogP contribution in [0, 0.1) is 12.3 Å². The van der Waals surface area contributed by atoms with Gasteiger partial charge in [-0.1, -0.05) is 29.4 Å². The van der Waals surface area contributed by atoms with Crippen LogP contribution in [-0.4, -0.2) is 40.7 Å². The van der Waals surface area contributed by atoms with E-state index in [-0.39, 0.29) is 11.3 Å². The minimum atomic E-state index is 0.177. The second-order valence-electron chi connectivity index (χ2n) is 6.89. The lowest BCUT2D eigenvalue weighted by molar-refractivity contribution is -0.138. The van der Waals surface area contributed by atoms with Crippen LogP contribution in [0.1, 0.15) is 30.7 Å². The predicted molar refractivity (Wildman–Crippen MR) is 87.0 cm³/mol. The van der Waals surface area contributed by atoms with Crippen LogP contribution in [0.5, 0.6) is 0 Å². The first-order valence-electron chi connectivity index (χ1n) is 8.39. The summed E-state index contributed by atoms with van der Waals surface area (Å²) >= 11 is 0. The zero-order valence-corrected chi connectivity index (χ0v) is 13.8. The van der Waals surface area contributed by atoms with Crippen molar-refractivity contribution in [2.75, 3.05) is 19.8 Å². The van der Waals surface area contributed by atoms with E-state index >= 15 is 0 Å². The van der Waals surface area contributed by atoms with E-state index in [4.69, 9.17) is 9.26 Å². The molecule has 1 atom stereocenters. The summed E-state index contributed by atoms with van der Waals surface area (Å²) in [6.07, 6.45) is 2.65. The van der Waals surface area contributed by atoms with Crippen LogP contribution in [0.4, 0.5) is 0 Å². The molecule has 1 spiro atoms. The number of hydrogen-bond acceptors (Lipinski definition) is 5. The lowest BCUT2D eigenvalue weighted by atomic mass is 9.79. The van der Waals surface area contributed by atoms with Crippen LogP contribution < -0.4 is 0 Å². The lowest BCUT2D eigenvalue weighted by Crippen LogP contribution is -2.46. The molecule has 2 aliphatic heterocycles. The Morgan fingerprint density at radius 1 is 1.25 bits per heavy atom. The number of aromatic nitrogens is 2. The molecular weight excluding hydrogens is 306 g/mol. The van der Waals surface area contributed by atoms with Gasteiger partial charge in [-0.2, -0.15) is 4.98 Å². The molecule has 1 aromatic heterocycles. The standard InChI is InChI=1S/C18H21N3O3/c1-13-19-17(20-24-13)15-4-2-14(3-5-15)10-21-11-18(7-6-16(21)22)8-9-23-12-18/h2-5H,6-12H2,1H3. The Morgan fingerprint density at radius 3 is 2.75 bits per heavy atom. The maximum atomic E-state index is 12.3. The van der Waals surface area contributed by atoms with Gasteiger partial charge in [-0.3, -0.25) is 4.79 Å². The maximum Gasteiger partial charge on any atom is 0.223 e. The van der Waals surface area contributed by atoms with Crippen molar-refractivity contribution >= 4 is 5.91 Å². The quantitative estimate of drug-likeness (QED) is 0.866. The molecule has 2 fully saturated rings. The first-order chi connectivity index (χ1) is 11.6. The molecule has 3 heterocycles. The summed E-state index contributed by atoms with van der Waals surface area (Å²) in [5, 5.41) is 3.93. The number of carbonyl (C=O) groups excluding carboxylic acids is 1. The van der Waals surface area contributed by atoms with Crippen molar-refractivity contribution in [1.29, 1.82) is 0 Å². The largest absolute Gasteiger partial charge is 0.381 e. The third-order valence-electron chi connectivity index (χ3n) is 5.05. The fourth-order valence-corrected chi connectivity index (χ4v) is 3.61. The van der Waals surface area contributed by atoms with E-state index in [2.05, 4.69) is 10.1 Å². The van der Waals surface area contributed by atoms with E-state index in [0.29, 0.717) is 24.7 Å². The highest BCUT2D eigenvalue weighted by Crippen LogP contribution is 2.38. The van der Waals surface area contributed by atoms with Crippen LogP contribution in [0.3, 0.4) is 0 Å². The summed E-state index contributed by atoms with van der Waals surface area (Å²) < 4.78 is 10.6. The molecule has 2 aliphatic rings. The van der Waals surface area contributed by atoms with Crippen molar-refractivity contribution < 1.29 is 14.1 Å². The Labute approximate surface area is 140 Å². The minimum absolute atomic E-state index is 0.177. The highest BCUT2D eigenvalue weighted by atomic mass is 16.5. The van der Waals surface area contributed by atoms with Gasteiger partial charge in [-0.05, 0) is 18.4 Å². The zero-order valence-electron chi connectivity index (χ0n) is 13.8. The van der Waals surface area contributed by atoms with Crippen molar-refractivity contribution in [1.82, 2.24) is 15.0 Å². The van der Waals surface area contributed by atoms with Gasteiger partial charge in [-0.15, -0.1) is 0 Å². The SMILES string of the molecule is Cc1nc(-c2ccc(CN3CC4(CCOC4)CCC3=O)cc2)no1. The number of piperidine rings is 1. The summed E-state index contributed by atoms with van der Waals surface area (Å²) in [5.41, 5.74) is 2.21. The number of benzene rings is 1. The first-order valence-corrected chi connectivity index (χ1v) is 8.39. The van der Waals surface area contributed by atoms with E-state index in [1.54, 1.807) is 6.92 Å². The Morgan fingerprint density at radius 2 is 2.08 bits per heavy atom. The number of aryl methyl sites for hydroxylation is 1. The molecule has 0 N–H and O–H groups in total. The summed E-state index contributed by atoms with van der Waals surface area (Å²) in [6.45, 7) is 4.83. The third kappa shape index (κ3) is 2.94. The molecule has 1 aromatic carbocycles. The average Bonchev–Trinajstić information content (AvgIpc) is 3.22. The van der Waals surface area contributed by atoms with Crippen LogP contribution in [0.25, 0.3) is 11.4 Å². The molecule has 24 heavy (non-hydrogen) atoms. The minimum Gasteiger partial charge on any atom is -0.381 e. The van der Waals surface area contributed by atoms with Gasteiger partial charge in [0.1, 0.15) is 0 Å². The molecule has 0 bridgehead atoms. The number of rotatable bonds is 3. The third-order valence-corrected chi connectivity index (χ3v) is 5.05. The number of hydrogen-bond donors (Lipinski definition) is 0. The van der Waals surface area contributed by atoms with E-state index in [9.17, 15) is 4.79 Å². The van der Waals surface area contributed by atoms with Gasteiger partial charge in [0.15, 0.2) is 0 Å². The van der Waals surface area contributed by atoms with Crippen molar-refractivity contribution in [3.8, 4) is 11.4 Å². The molecule has 2 aromatic rings. The second-order valence-corrected chi connectivity index (χ2v) is 6.89. The Balaban J connectivity index is 1.47. The topological polar surface area (TPSA) is 68.5 Å². The predicted octanol–water partition coefficient (Wildman–Crippen LogP) is 2.57. The molecule has 1 amide bonds. The molecule has 6 nitrogen and oxygen atoms in total. The van der Waals surface area contributed by atoms with E-state index in [1.807, 2.05) is 29.2 Å². The molecule has 126 valence electrons. The van der Waals surface area contributed by atoms with E-state index in [1.165, 1.54) is 0 Å². The zero-order chi connectivity index (χ0) is 16.6. The van der Waals surface area contributed by atoms with Crippen LogP contribution in [0.2, 0.25) is 0 Å². The lowest BCUT2D eigenvalue weighted by Gasteiger charge is -2.39. The maximum absolute atomic E-state index is 12.3. The van der Waals surface area contributed by atoms with Gasteiger partial charge in [-0.25, -0.2) is 0 Å². The highest BCUT2D eigenvalue weighted by molar-refractivity contribution is 5.77. The Bertz CT molecular complexity index is 732. The second kappa shape index (κ2) is 6.02.